The van der Waals surface area contributed by atoms with Gasteiger partial charge in [0.2, 0.25) is 0 Å². The minimum Gasteiger partial charge on any atom is -0.393 e. The van der Waals surface area contributed by atoms with Crippen LogP contribution >= 0.6 is 11.3 Å². The molecule has 0 saturated heterocycles. The van der Waals surface area contributed by atoms with Gasteiger partial charge in [-0.25, -0.2) is 4.98 Å². The van der Waals surface area contributed by atoms with Crippen LogP contribution in [-0.2, 0) is 19.4 Å². The Labute approximate surface area is 101 Å². The normalized spacial score (nSPS) is 16.4. The van der Waals surface area contributed by atoms with Gasteiger partial charge in [-0.2, -0.15) is 0 Å². The van der Waals surface area contributed by atoms with Crippen LogP contribution in [0.25, 0.3) is 0 Å². The van der Waals surface area contributed by atoms with Crippen LogP contribution in [-0.4, -0.2) is 22.7 Å². The number of aromatic nitrogens is 1. The van der Waals surface area contributed by atoms with Gasteiger partial charge in [-0.05, 0) is 38.6 Å². The second-order valence-corrected chi connectivity index (χ2v) is 5.53. The summed E-state index contributed by atoms with van der Waals surface area (Å²) in [6.45, 7) is 3.74. The zero-order valence-electron chi connectivity index (χ0n) is 9.83. The molecule has 0 spiro atoms. The number of aryl methyl sites for hydroxylation is 2. The van der Waals surface area contributed by atoms with Crippen molar-refractivity contribution in [2.24, 2.45) is 0 Å². The van der Waals surface area contributed by atoms with E-state index in [1.54, 1.807) is 0 Å². The quantitative estimate of drug-likeness (QED) is 0.746. The van der Waals surface area contributed by atoms with Crippen LogP contribution in [0, 0.1) is 0 Å². The van der Waals surface area contributed by atoms with Gasteiger partial charge in [-0.1, -0.05) is 6.92 Å². The third kappa shape index (κ3) is 3.03. The molecule has 0 fully saturated rings. The van der Waals surface area contributed by atoms with Gasteiger partial charge in [-0.3, -0.25) is 0 Å². The molecule has 0 amide bonds. The fourth-order valence-electron chi connectivity index (χ4n) is 1.99. The second kappa shape index (κ2) is 5.75. The Balaban J connectivity index is 1.69. The van der Waals surface area contributed by atoms with Gasteiger partial charge < -0.3 is 10.4 Å². The van der Waals surface area contributed by atoms with E-state index in [1.165, 1.54) is 34.8 Å². The lowest BCUT2D eigenvalue weighted by Gasteiger charge is -2.07. The zero-order chi connectivity index (χ0) is 11.4. The van der Waals surface area contributed by atoms with Crippen molar-refractivity contribution in [3.8, 4) is 0 Å². The van der Waals surface area contributed by atoms with Crippen LogP contribution in [0.2, 0.25) is 0 Å². The van der Waals surface area contributed by atoms with Gasteiger partial charge in [0.25, 0.3) is 0 Å². The predicted molar refractivity (Wildman–Crippen MR) is 66.8 cm³/mol. The van der Waals surface area contributed by atoms with E-state index in [2.05, 4.69) is 10.3 Å². The molecule has 1 unspecified atom stereocenters. The first-order chi connectivity index (χ1) is 7.79. The van der Waals surface area contributed by atoms with Gasteiger partial charge in [0.05, 0.1) is 11.8 Å². The molecule has 0 aromatic carbocycles. The molecule has 2 N–H and O–H groups in total. The largest absolute Gasteiger partial charge is 0.393 e. The molecule has 16 heavy (non-hydrogen) atoms. The molecule has 1 aliphatic rings. The van der Waals surface area contributed by atoms with E-state index in [9.17, 15) is 5.11 Å². The summed E-state index contributed by atoms with van der Waals surface area (Å²) in [5, 5.41) is 13.9. The van der Waals surface area contributed by atoms with E-state index in [0.29, 0.717) is 0 Å². The molecule has 1 aromatic rings. The average Bonchev–Trinajstić information content (AvgIpc) is 2.84. The summed E-state index contributed by atoms with van der Waals surface area (Å²) in [6, 6.07) is 0. The first-order valence-electron chi connectivity index (χ1n) is 6.16. The highest BCUT2D eigenvalue weighted by atomic mass is 32.1. The van der Waals surface area contributed by atoms with Crippen molar-refractivity contribution < 1.29 is 5.11 Å². The minimum atomic E-state index is -0.159. The molecule has 0 radical (unpaired) electrons. The highest BCUT2D eigenvalue weighted by molar-refractivity contribution is 7.11. The Bertz CT molecular complexity index is 316. The van der Waals surface area contributed by atoms with Crippen LogP contribution in [0.3, 0.4) is 0 Å². The molecule has 3 nitrogen and oxygen atoms in total. The number of rotatable bonds is 6. The fraction of sp³-hybridized carbons (Fsp3) is 0.750. The molecule has 4 heteroatoms. The van der Waals surface area contributed by atoms with E-state index in [4.69, 9.17) is 0 Å². The molecule has 0 bridgehead atoms. The molecular weight excluding hydrogens is 220 g/mol. The third-order valence-corrected chi connectivity index (χ3v) is 4.20. The van der Waals surface area contributed by atoms with Gasteiger partial charge in [0, 0.05) is 11.4 Å². The Morgan fingerprint density at radius 1 is 1.50 bits per heavy atom. The Hall–Kier alpha value is -0.450. The van der Waals surface area contributed by atoms with Crippen LogP contribution < -0.4 is 5.32 Å². The van der Waals surface area contributed by atoms with Crippen LogP contribution in [0.5, 0.6) is 0 Å². The molecule has 0 saturated carbocycles. The number of thiazole rings is 1. The van der Waals surface area contributed by atoms with Crippen molar-refractivity contribution in [3.63, 3.8) is 0 Å². The molecule has 0 aliphatic heterocycles. The molecular formula is C12H20N2OS. The molecule has 1 aromatic heterocycles. The summed E-state index contributed by atoms with van der Waals surface area (Å²) in [5.41, 5.74) is 1.33. The van der Waals surface area contributed by atoms with Crippen molar-refractivity contribution in [3.05, 3.63) is 15.6 Å². The highest BCUT2D eigenvalue weighted by Gasteiger charge is 2.16. The van der Waals surface area contributed by atoms with Gasteiger partial charge in [-0.15, -0.1) is 11.3 Å². The molecule has 90 valence electrons. The fourth-order valence-corrected chi connectivity index (χ4v) is 3.11. The Morgan fingerprint density at radius 3 is 3.12 bits per heavy atom. The van der Waals surface area contributed by atoms with Crippen molar-refractivity contribution in [1.29, 1.82) is 0 Å². The SMILES string of the molecule is CCC(O)CCNCc1nc2c(s1)CCC2. The summed E-state index contributed by atoms with van der Waals surface area (Å²) in [7, 11) is 0. The maximum atomic E-state index is 9.40. The summed E-state index contributed by atoms with van der Waals surface area (Å²) in [6.07, 6.45) is 5.19. The number of hydrogen-bond acceptors (Lipinski definition) is 4. The summed E-state index contributed by atoms with van der Waals surface area (Å²) in [4.78, 5) is 6.11. The van der Waals surface area contributed by atoms with Gasteiger partial charge in [0.1, 0.15) is 5.01 Å². The van der Waals surface area contributed by atoms with E-state index < -0.39 is 0 Å². The van der Waals surface area contributed by atoms with E-state index in [0.717, 1.165) is 25.9 Å². The molecule has 2 rings (SSSR count). The lowest BCUT2D eigenvalue weighted by molar-refractivity contribution is 0.159. The monoisotopic (exact) mass is 240 g/mol. The minimum absolute atomic E-state index is 0.159. The van der Waals surface area contributed by atoms with E-state index >= 15 is 0 Å². The van der Waals surface area contributed by atoms with Crippen LogP contribution in [0.15, 0.2) is 0 Å². The first-order valence-corrected chi connectivity index (χ1v) is 6.97. The molecule has 1 atom stereocenters. The zero-order valence-corrected chi connectivity index (χ0v) is 10.6. The maximum Gasteiger partial charge on any atom is 0.107 e. The number of hydrogen-bond donors (Lipinski definition) is 2. The second-order valence-electron chi connectivity index (χ2n) is 4.36. The highest BCUT2D eigenvalue weighted by Crippen LogP contribution is 2.27. The summed E-state index contributed by atoms with van der Waals surface area (Å²) >= 11 is 1.85. The third-order valence-electron chi connectivity index (χ3n) is 3.04. The topological polar surface area (TPSA) is 45.1 Å². The summed E-state index contributed by atoms with van der Waals surface area (Å²) < 4.78 is 0. The number of fused-ring (bicyclic) bond motifs is 1. The Morgan fingerprint density at radius 2 is 2.38 bits per heavy atom. The lowest BCUT2D eigenvalue weighted by atomic mass is 10.2. The van der Waals surface area contributed by atoms with Crippen LogP contribution in [0.1, 0.15) is 41.8 Å². The molecule has 1 aliphatic carbocycles. The molecule has 1 heterocycles. The van der Waals surface area contributed by atoms with Crippen molar-refractivity contribution in [2.45, 2.75) is 51.7 Å². The predicted octanol–water partition coefficient (Wildman–Crippen LogP) is 1.88. The number of nitrogens with one attached hydrogen (secondary N) is 1. The average molecular weight is 240 g/mol. The van der Waals surface area contributed by atoms with E-state index in [1.807, 2.05) is 18.3 Å². The maximum absolute atomic E-state index is 9.40. The smallest absolute Gasteiger partial charge is 0.107 e. The van der Waals surface area contributed by atoms with E-state index in [-0.39, 0.29) is 6.10 Å². The lowest BCUT2D eigenvalue weighted by Crippen LogP contribution is -2.19. The number of aliphatic hydroxyl groups is 1. The van der Waals surface area contributed by atoms with Crippen LogP contribution in [0.4, 0.5) is 0 Å². The van der Waals surface area contributed by atoms with Crippen molar-refractivity contribution in [1.82, 2.24) is 10.3 Å². The Kier molecular flexibility index (Phi) is 4.32. The van der Waals surface area contributed by atoms with Crippen molar-refractivity contribution in [2.75, 3.05) is 6.54 Å². The first kappa shape index (κ1) is 12.0. The number of nitrogens with zero attached hydrogens (tertiary/aromatic N) is 1. The van der Waals surface area contributed by atoms with Crippen molar-refractivity contribution >= 4 is 11.3 Å². The van der Waals surface area contributed by atoms with Gasteiger partial charge >= 0.3 is 0 Å². The standard InChI is InChI=1S/C12H20N2OS/c1-2-9(15)6-7-13-8-12-14-10-4-3-5-11(10)16-12/h9,13,15H,2-8H2,1H3. The number of aliphatic hydroxyl groups excluding tert-OH is 1. The summed E-state index contributed by atoms with van der Waals surface area (Å²) in [5.74, 6) is 0. The van der Waals surface area contributed by atoms with Gasteiger partial charge in [0.15, 0.2) is 0 Å².